The highest BCUT2D eigenvalue weighted by molar-refractivity contribution is 5.95. The van der Waals surface area contributed by atoms with Crippen LogP contribution in [-0.4, -0.2) is 29.2 Å². The summed E-state index contributed by atoms with van der Waals surface area (Å²) in [5.41, 5.74) is -2.59. The molecule has 3 rings (SSSR count). The van der Waals surface area contributed by atoms with Crippen LogP contribution in [0.15, 0.2) is 18.2 Å². The third-order valence-corrected chi connectivity index (χ3v) is 5.52. The Morgan fingerprint density at radius 1 is 1.20 bits per heavy atom. The fourth-order valence-corrected chi connectivity index (χ4v) is 4.08. The molecule has 8 nitrogen and oxygen atoms in total. The number of fused-ring (bicyclic) bond motifs is 2. The molecule has 2 fully saturated rings. The van der Waals surface area contributed by atoms with Gasteiger partial charge < -0.3 is 10.1 Å². The molecule has 1 amide bonds. The molecule has 0 heterocycles. The molecule has 0 unspecified atom stereocenters. The number of nitro benzene ring substituents is 1. The number of halogens is 3. The average molecular weight is 428 g/mol. The summed E-state index contributed by atoms with van der Waals surface area (Å²) in [5, 5.41) is 13.1. The highest BCUT2D eigenvalue weighted by Gasteiger charge is 2.42. The van der Waals surface area contributed by atoms with Crippen molar-refractivity contribution in [1.29, 1.82) is 0 Å². The summed E-state index contributed by atoms with van der Waals surface area (Å²) in [6, 6.07) is 1.69. The van der Waals surface area contributed by atoms with Gasteiger partial charge in [-0.05, 0) is 37.8 Å². The van der Waals surface area contributed by atoms with Gasteiger partial charge in [-0.15, -0.1) is 0 Å². The number of esters is 1. The Labute approximate surface area is 168 Å². The molecule has 0 saturated heterocycles. The lowest BCUT2D eigenvalue weighted by Gasteiger charge is -2.36. The molecule has 1 aromatic rings. The van der Waals surface area contributed by atoms with Gasteiger partial charge in [-0.3, -0.25) is 24.5 Å². The summed E-state index contributed by atoms with van der Waals surface area (Å²) in [7, 11) is 0. The summed E-state index contributed by atoms with van der Waals surface area (Å²) < 4.78 is 43.2. The summed E-state index contributed by atoms with van der Waals surface area (Å²) in [6.07, 6.45) is -1.62. The van der Waals surface area contributed by atoms with Gasteiger partial charge in [-0.1, -0.05) is 6.42 Å². The van der Waals surface area contributed by atoms with Gasteiger partial charge >= 0.3 is 12.1 Å². The summed E-state index contributed by atoms with van der Waals surface area (Å²) in [5.74, 6) is -2.20. The molecular weight excluding hydrogens is 409 g/mol. The smallest absolute Gasteiger partial charge is 0.416 e. The van der Waals surface area contributed by atoms with E-state index in [0.717, 1.165) is 25.3 Å². The Bertz CT molecular complexity index is 870. The highest BCUT2D eigenvalue weighted by atomic mass is 19.4. The Kier molecular flexibility index (Phi) is 6.09. The topological polar surface area (TPSA) is 116 Å². The Morgan fingerprint density at radius 2 is 1.83 bits per heavy atom. The molecule has 1 aromatic carbocycles. The van der Waals surface area contributed by atoms with Gasteiger partial charge in [0.1, 0.15) is 11.5 Å². The van der Waals surface area contributed by atoms with E-state index in [2.05, 4.69) is 5.32 Å². The average Bonchev–Trinajstić information content (AvgIpc) is 2.65. The number of hydrogen-bond donors (Lipinski definition) is 1. The molecular formula is C19H19F3N2O6. The molecule has 0 aliphatic heterocycles. The van der Waals surface area contributed by atoms with E-state index in [1.54, 1.807) is 0 Å². The van der Waals surface area contributed by atoms with E-state index in [0.29, 0.717) is 25.0 Å². The van der Waals surface area contributed by atoms with Crippen molar-refractivity contribution in [2.75, 3.05) is 11.9 Å². The maximum atomic E-state index is 12.7. The van der Waals surface area contributed by atoms with Crippen LogP contribution < -0.4 is 5.32 Å². The second kappa shape index (κ2) is 8.41. The third kappa shape index (κ3) is 4.77. The number of alkyl halides is 3. The van der Waals surface area contributed by atoms with Gasteiger partial charge in [0.05, 0.1) is 16.4 Å². The summed E-state index contributed by atoms with van der Waals surface area (Å²) >= 11 is 0. The molecule has 11 heteroatoms. The predicted molar refractivity (Wildman–Crippen MR) is 96.2 cm³/mol. The van der Waals surface area contributed by atoms with Gasteiger partial charge in [0.25, 0.3) is 11.6 Å². The van der Waals surface area contributed by atoms with Crippen molar-refractivity contribution in [2.45, 2.75) is 38.3 Å². The molecule has 30 heavy (non-hydrogen) atoms. The zero-order valence-corrected chi connectivity index (χ0v) is 15.7. The maximum absolute atomic E-state index is 12.7. The zero-order valence-electron chi connectivity index (χ0n) is 15.7. The molecule has 2 saturated carbocycles. The quantitative estimate of drug-likeness (QED) is 0.436. The lowest BCUT2D eigenvalue weighted by atomic mass is 9.67. The SMILES string of the molecule is O=C(COC(=O)C1C[C@@H]2CCC[C@@H](C1)C2=O)Nc1ccc(C(F)(F)F)cc1[N+](=O)[O-]. The van der Waals surface area contributed by atoms with E-state index in [-0.39, 0.29) is 17.6 Å². The monoisotopic (exact) mass is 428 g/mol. The molecule has 162 valence electrons. The Balaban J connectivity index is 1.59. The van der Waals surface area contributed by atoms with Crippen LogP contribution in [0.2, 0.25) is 0 Å². The van der Waals surface area contributed by atoms with Gasteiger partial charge in [0, 0.05) is 17.9 Å². The fraction of sp³-hybridized carbons (Fsp3) is 0.526. The molecule has 2 atom stereocenters. The number of carbonyl (C=O) groups excluding carboxylic acids is 3. The second-order valence-corrected chi connectivity index (χ2v) is 7.54. The number of carbonyl (C=O) groups is 3. The number of nitrogens with one attached hydrogen (secondary N) is 1. The van der Waals surface area contributed by atoms with E-state index >= 15 is 0 Å². The lowest BCUT2D eigenvalue weighted by molar-refractivity contribution is -0.384. The van der Waals surface area contributed by atoms with Crippen molar-refractivity contribution >= 4 is 29.0 Å². The zero-order chi connectivity index (χ0) is 22.1. The van der Waals surface area contributed by atoms with Gasteiger partial charge in [-0.2, -0.15) is 13.2 Å². The maximum Gasteiger partial charge on any atom is 0.416 e. The molecule has 0 radical (unpaired) electrons. The largest absolute Gasteiger partial charge is 0.455 e. The minimum absolute atomic E-state index is 0.168. The van der Waals surface area contributed by atoms with Crippen LogP contribution >= 0.6 is 0 Å². The number of hydrogen-bond acceptors (Lipinski definition) is 6. The number of benzene rings is 1. The molecule has 2 bridgehead atoms. The van der Waals surface area contributed by atoms with E-state index in [4.69, 9.17) is 4.74 Å². The molecule has 1 N–H and O–H groups in total. The van der Waals surface area contributed by atoms with E-state index in [1.807, 2.05) is 0 Å². The van der Waals surface area contributed by atoms with Gasteiger partial charge in [0.15, 0.2) is 6.61 Å². The van der Waals surface area contributed by atoms with Crippen LogP contribution in [0.1, 0.15) is 37.7 Å². The number of nitro groups is 1. The van der Waals surface area contributed by atoms with Crippen LogP contribution in [0.4, 0.5) is 24.5 Å². The highest BCUT2D eigenvalue weighted by Crippen LogP contribution is 2.40. The van der Waals surface area contributed by atoms with Crippen molar-refractivity contribution < 1.29 is 37.2 Å². The molecule has 0 spiro atoms. The van der Waals surface area contributed by atoms with Crippen LogP contribution in [0.3, 0.4) is 0 Å². The van der Waals surface area contributed by atoms with Crippen LogP contribution in [0.25, 0.3) is 0 Å². The van der Waals surface area contributed by atoms with Crippen LogP contribution in [0, 0.1) is 27.9 Å². The first-order chi connectivity index (χ1) is 14.1. The van der Waals surface area contributed by atoms with Crippen molar-refractivity contribution in [3.8, 4) is 0 Å². The first kappa shape index (κ1) is 21.7. The number of rotatable bonds is 5. The van der Waals surface area contributed by atoms with Crippen molar-refractivity contribution in [3.63, 3.8) is 0 Å². The van der Waals surface area contributed by atoms with Crippen LogP contribution in [0.5, 0.6) is 0 Å². The summed E-state index contributed by atoms with van der Waals surface area (Å²) in [6.45, 7) is -0.739. The van der Waals surface area contributed by atoms with Gasteiger partial charge in [-0.25, -0.2) is 0 Å². The Morgan fingerprint density at radius 3 is 2.40 bits per heavy atom. The first-order valence-electron chi connectivity index (χ1n) is 9.42. The lowest BCUT2D eigenvalue weighted by Crippen LogP contribution is -2.40. The van der Waals surface area contributed by atoms with E-state index in [9.17, 15) is 37.7 Å². The first-order valence-corrected chi connectivity index (χ1v) is 9.42. The number of ether oxygens (including phenoxy) is 1. The number of ketones is 1. The summed E-state index contributed by atoms with van der Waals surface area (Å²) in [4.78, 5) is 46.4. The number of anilines is 1. The predicted octanol–water partition coefficient (Wildman–Crippen LogP) is 3.49. The normalized spacial score (nSPS) is 23.6. The van der Waals surface area contributed by atoms with Crippen LogP contribution in [-0.2, 0) is 25.3 Å². The van der Waals surface area contributed by atoms with Crippen molar-refractivity contribution in [1.82, 2.24) is 0 Å². The van der Waals surface area contributed by atoms with E-state index in [1.165, 1.54) is 0 Å². The number of Topliss-reactive ketones (excluding diaryl/α,β-unsaturated/α-hetero) is 1. The molecule has 0 aromatic heterocycles. The fourth-order valence-electron chi connectivity index (χ4n) is 4.08. The number of nitrogens with zero attached hydrogens (tertiary/aromatic N) is 1. The van der Waals surface area contributed by atoms with Crippen molar-refractivity contribution in [3.05, 3.63) is 33.9 Å². The molecule has 2 aliphatic carbocycles. The van der Waals surface area contributed by atoms with E-state index < -0.39 is 52.4 Å². The van der Waals surface area contributed by atoms with Gasteiger partial charge in [0.2, 0.25) is 0 Å². The van der Waals surface area contributed by atoms with Crippen molar-refractivity contribution in [2.24, 2.45) is 17.8 Å². The standard InChI is InChI=1S/C19H19F3N2O6/c20-19(21,22)13-4-5-14(15(8-13)24(28)29)23-16(25)9-30-18(27)12-6-10-2-1-3-11(7-12)17(10)26/h4-5,8,10-12H,1-3,6-7,9H2,(H,23,25)/t10-,11-/m0/s1. The minimum atomic E-state index is -4.78. The number of amides is 1. The molecule has 2 aliphatic rings. The third-order valence-electron chi connectivity index (χ3n) is 5.52. The Hall–Kier alpha value is -2.98. The minimum Gasteiger partial charge on any atom is -0.455 e. The second-order valence-electron chi connectivity index (χ2n) is 7.54.